The molecule has 1 unspecified atom stereocenters. The van der Waals surface area contributed by atoms with Gasteiger partial charge in [0.15, 0.2) is 0 Å². The second-order valence-corrected chi connectivity index (χ2v) is 10.3. The molecule has 4 aliphatic heterocycles. The first-order valence-electron chi connectivity index (χ1n) is 12.8. The second kappa shape index (κ2) is 9.94. The third-order valence-electron chi connectivity index (χ3n) is 8.19. The average molecular weight is 453 g/mol. The second-order valence-electron chi connectivity index (χ2n) is 10.3. The quantitative estimate of drug-likeness (QED) is 0.686. The van der Waals surface area contributed by atoms with Crippen molar-refractivity contribution in [1.29, 1.82) is 0 Å². The fraction of sp³-hybridized carbons (Fsp3) is 0.654. The Kier molecular flexibility index (Phi) is 6.79. The zero-order valence-electron chi connectivity index (χ0n) is 19.5. The van der Waals surface area contributed by atoms with Gasteiger partial charge in [-0.15, -0.1) is 0 Å². The molecule has 1 atom stereocenters. The molecule has 7 nitrogen and oxygen atoms in total. The Labute approximate surface area is 196 Å². The highest BCUT2D eigenvalue weighted by Gasteiger charge is 2.40. The minimum atomic E-state index is -0.551. The van der Waals surface area contributed by atoms with Crippen molar-refractivity contribution in [2.24, 2.45) is 11.8 Å². The van der Waals surface area contributed by atoms with Gasteiger partial charge in [0.25, 0.3) is 5.91 Å². The molecule has 4 heterocycles. The van der Waals surface area contributed by atoms with Crippen LogP contribution < -0.4 is 10.6 Å². The SMILES string of the molecule is O=C1CCC(N2Cc3cccc(CN4CCC(C5CCCNCCC5)CC4)c3C2=O)C(=O)N1. The first kappa shape index (κ1) is 22.5. The van der Waals surface area contributed by atoms with Crippen molar-refractivity contribution in [3.63, 3.8) is 0 Å². The predicted molar refractivity (Wildman–Crippen MR) is 125 cm³/mol. The Morgan fingerprint density at radius 1 is 0.909 bits per heavy atom. The summed E-state index contributed by atoms with van der Waals surface area (Å²) in [5.74, 6) is 1.05. The molecule has 33 heavy (non-hydrogen) atoms. The first-order chi connectivity index (χ1) is 16.1. The van der Waals surface area contributed by atoms with E-state index in [0.717, 1.165) is 48.2 Å². The fourth-order valence-corrected chi connectivity index (χ4v) is 6.36. The van der Waals surface area contributed by atoms with Crippen molar-refractivity contribution in [3.8, 4) is 0 Å². The molecule has 1 aromatic carbocycles. The fourth-order valence-electron chi connectivity index (χ4n) is 6.36. The van der Waals surface area contributed by atoms with Gasteiger partial charge in [-0.2, -0.15) is 0 Å². The molecular weight excluding hydrogens is 416 g/mol. The van der Waals surface area contributed by atoms with Crippen LogP contribution in [0.3, 0.4) is 0 Å². The van der Waals surface area contributed by atoms with Crippen LogP contribution in [0.4, 0.5) is 0 Å². The molecule has 0 bridgehead atoms. The molecule has 0 aromatic heterocycles. The molecule has 4 aliphatic rings. The van der Waals surface area contributed by atoms with Crippen molar-refractivity contribution < 1.29 is 14.4 Å². The van der Waals surface area contributed by atoms with Gasteiger partial charge in [-0.3, -0.25) is 24.6 Å². The Morgan fingerprint density at radius 2 is 1.64 bits per heavy atom. The van der Waals surface area contributed by atoms with E-state index in [1.807, 2.05) is 12.1 Å². The number of hydrogen-bond donors (Lipinski definition) is 2. The number of rotatable bonds is 4. The van der Waals surface area contributed by atoms with Crippen molar-refractivity contribution in [2.45, 2.75) is 70.5 Å². The monoisotopic (exact) mass is 452 g/mol. The van der Waals surface area contributed by atoms with Crippen LogP contribution in [0.1, 0.15) is 72.9 Å². The van der Waals surface area contributed by atoms with Crippen LogP contribution in [0.25, 0.3) is 0 Å². The summed E-state index contributed by atoms with van der Waals surface area (Å²) < 4.78 is 0. The normalized spacial score (nSPS) is 26.1. The first-order valence-corrected chi connectivity index (χ1v) is 12.8. The van der Waals surface area contributed by atoms with Crippen LogP contribution in [0.15, 0.2) is 18.2 Å². The number of likely N-dealkylation sites (tertiary alicyclic amines) is 1. The van der Waals surface area contributed by atoms with Gasteiger partial charge in [0, 0.05) is 25.1 Å². The average Bonchev–Trinajstić information content (AvgIpc) is 3.12. The van der Waals surface area contributed by atoms with E-state index in [0.29, 0.717) is 13.0 Å². The number of hydrogen-bond acceptors (Lipinski definition) is 5. The molecule has 1 aromatic rings. The molecule has 5 rings (SSSR count). The van der Waals surface area contributed by atoms with E-state index < -0.39 is 6.04 Å². The summed E-state index contributed by atoms with van der Waals surface area (Å²) in [6.07, 6.45) is 8.51. The molecular formula is C26H36N4O3. The summed E-state index contributed by atoms with van der Waals surface area (Å²) in [7, 11) is 0. The van der Waals surface area contributed by atoms with Crippen molar-refractivity contribution in [2.75, 3.05) is 26.2 Å². The van der Waals surface area contributed by atoms with Crippen LogP contribution >= 0.6 is 0 Å². The molecule has 0 aliphatic carbocycles. The van der Waals surface area contributed by atoms with Gasteiger partial charge in [0.2, 0.25) is 11.8 Å². The van der Waals surface area contributed by atoms with E-state index in [2.05, 4.69) is 21.6 Å². The summed E-state index contributed by atoms with van der Waals surface area (Å²) >= 11 is 0. The van der Waals surface area contributed by atoms with E-state index in [4.69, 9.17) is 0 Å². The maximum Gasteiger partial charge on any atom is 0.255 e. The predicted octanol–water partition coefficient (Wildman–Crippen LogP) is 2.44. The van der Waals surface area contributed by atoms with Crippen LogP contribution in [-0.4, -0.2) is 59.7 Å². The Hall–Kier alpha value is -2.25. The maximum absolute atomic E-state index is 13.3. The van der Waals surface area contributed by atoms with Crippen LogP contribution in [0.5, 0.6) is 0 Å². The Morgan fingerprint density at radius 3 is 2.36 bits per heavy atom. The number of nitrogens with zero attached hydrogens (tertiary/aromatic N) is 2. The number of amides is 3. The topological polar surface area (TPSA) is 81.8 Å². The molecule has 0 radical (unpaired) electrons. The standard InChI is InChI=1S/C26H36N4O3/c31-23-9-8-22(25(32)28-23)30-17-21-5-1-4-20(24(21)26(30)33)16-29-14-10-19(11-15-29)18-6-2-12-27-13-3-7-18/h1,4-5,18-19,22,27H,2-3,6-17H2,(H,28,31,32). The minimum absolute atomic E-state index is 0.0619. The molecule has 3 fully saturated rings. The lowest BCUT2D eigenvalue weighted by atomic mass is 9.78. The highest BCUT2D eigenvalue weighted by molar-refractivity contribution is 6.05. The van der Waals surface area contributed by atoms with Crippen molar-refractivity contribution in [3.05, 3.63) is 34.9 Å². The molecule has 3 saturated heterocycles. The van der Waals surface area contributed by atoms with E-state index in [1.165, 1.54) is 51.6 Å². The van der Waals surface area contributed by atoms with Crippen molar-refractivity contribution >= 4 is 17.7 Å². The van der Waals surface area contributed by atoms with E-state index >= 15 is 0 Å². The summed E-state index contributed by atoms with van der Waals surface area (Å²) in [5, 5.41) is 5.91. The molecule has 0 spiro atoms. The summed E-state index contributed by atoms with van der Waals surface area (Å²) in [4.78, 5) is 41.4. The number of benzene rings is 1. The lowest BCUT2D eigenvalue weighted by Crippen LogP contribution is -2.52. The molecule has 0 saturated carbocycles. The van der Waals surface area contributed by atoms with Crippen LogP contribution in [0, 0.1) is 11.8 Å². The number of fused-ring (bicyclic) bond motifs is 1. The zero-order chi connectivity index (χ0) is 22.8. The van der Waals surface area contributed by atoms with Gasteiger partial charge >= 0.3 is 0 Å². The van der Waals surface area contributed by atoms with Crippen LogP contribution in [-0.2, 0) is 22.7 Å². The van der Waals surface area contributed by atoms with Crippen LogP contribution in [0.2, 0.25) is 0 Å². The Bertz CT molecular complexity index is 901. The van der Waals surface area contributed by atoms with E-state index in [1.54, 1.807) is 4.90 Å². The smallest absolute Gasteiger partial charge is 0.255 e. The number of nitrogens with one attached hydrogen (secondary N) is 2. The summed E-state index contributed by atoms with van der Waals surface area (Å²) in [6.45, 7) is 5.76. The lowest BCUT2D eigenvalue weighted by molar-refractivity contribution is -0.136. The van der Waals surface area contributed by atoms with E-state index in [-0.39, 0.29) is 24.1 Å². The zero-order valence-corrected chi connectivity index (χ0v) is 19.5. The Balaban J connectivity index is 1.21. The molecule has 2 N–H and O–H groups in total. The number of imide groups is 1. The van der Waals surface area contributed by atoms with Crippen molar-refractivity contribution in [1.82, 2.24) is 20.4 Å². The van der Waals surface area contributed by atoms with Gasteiger partial charge in [-0.1, -0.05) is 18.2 Å². The van der Waals surface area contributed by atoms with Gasteiger partial charge < -0.3 is 10.2 Å². The lowest BCUT2D eigenvalue weighted by Gasteiger charge is -2.37. The number of piperidine rings is 2. The molecule has 3 amide bonds. The van der Waals surface area contributed by atoms with E-state index in [9.17, 15) is 14.4 Å². The highest BCUT2D eigenvalue weighted by Crippen LogP contribution is 2.34. The third-order valence-corrected chi connectivity index (χ3v) is 8.19. The summed E-state index contributed by atoms with van der Waals surface area (Å²) in [6, 6.07) is 5.55. The maximum atomic E-state index is 13.3. The minimum Gasteiger partial charge on any atom is -0.322 e. The van der Waals surface area contributed by atoms with Gasteiger partial charge in [-0.25, -0.2) is 0 Å². The number of carbonyl (C=O) groups excluding carboxylic acids is 3. The molecule has 178 valence electrons. The van der Waals surface area contributed by atoms with Gasteiger partial charge in [0.05, 0.1) is 0 Å². The van der Waals surface area contributed by atoms with Gasteiger partial charge in [0.1, 0.15) is 6.04 Å². The van der Waals surface area contributed by atoms with Gasteiger partial charge in [-0.05, 0) is 94.1 Å². The summed E-state index contributed by atoms with van der Waals surface area (Å²) in [5.41, 5.74) is 2.85. The largest absolute Gasteiger partial charge is 0.322 e. The molecule has 7 heteroatoms. The third kappa shape index (κ3) is 4.85. The number of carbonyl (C=O) groups is 3. The highest BCUT2D eigenvalue weighted by atomic mass is 16.2.